The number of aliphatic hydroxyl groups is 4. The zero-order chi connectivity index (χ0) is 15.4. The largest absolute Gasteiger partial charge is 0.497 e. The molecular weight excluding hydrogens is 280 g/mol. The summed E-state index contributed by atoms with van der Waals surface area (Å²) >= 11 is 0. The Labute approximate surface area is 122 Å². The van der Waals surface area contributed by atoms with Gasteiger partial charge in [0.25, 0.3) is 0 Å². The third kappa shape index (κ3) is 3.91. The average molecular weight is 300 g/mol. The van der Waals surface area contributed by atoms with E-state index in [-0.39, 0.29) is 13.2 Å². The molecule has 2 rings (SSSR count). The van der Waals surface area contributed by atoms with Crippen molar-refractivity contribution >= 4 is 0 Å². The van der Waals surface area contributed by atoms with E-state index in [1.165, 1.54) is 0 Å². The molecule has 0 aliphatic carbocycles. The van der Waals surface area contributed by atoms with Gasteiger partial charge in [0.05, 0.1) is 20.3 Å². The van der Waals surface area contributed by atoms with Crippen LogP contribution in [-0.4, -0.2) is 64.8 Å². The number of rotatable bonds is 5. The third-order valence-corrected chi connectivity index (χ3v) is 3.40. The van der Waals surface area contributed by atoms with Crippen molar-refractivity contribution in [3.8, 4) is 5.75 Å². The van der Waals surface area contributed by atoms with E-state index in [4.69, 9.17) is 14.2 Å². The Kier molecular flexibility index (Phi) is 5.51. The summed E-state index contributed by atoms with van der Waals surface area (Å²) in [4.78, 5) is 0. The first-order valence-corrected chi connectivity index (χ1v) is 6.61. The molecule has 1 fully saturated rings. The molecular formula is C14H20O7. The molecule has 118 valence electrons. The second-order valence-electron chi connectivity index (χ2n) is 4.90. The van der Waals surface area contributed by atoms with Gasteiger partial charge in [-0.05, 0) is 17.7 Å². The lowest BCUT2D eigenvalue weighted by molar-refractivity contribution is -0.289. The number of benzene rings is 1. The normalized spacial score (nSPS) is 32.9. The molecule has 4 N–H and O–H groups in total. The van der Waals surface area contributed by atoms with Gasteiger partial charge in [0.15, 0.2) is 6.29 Å². The SMILES string of the molecule is COc1ccc(COC[C@H]2O[C@@H](O)[C@H](O)[C@@H](O)[C@@H]2O)cc1. The number of ether oxygens (including phenoxy) is 3. The van der Waals surface area contributed by atoms with E-state index in [9.17, 15) is 20.4 Å². The number of hydrogen-bond acceptors (Lipinski definition) is 7. The first kappa shape index (κ1) is 16.2. The molecule has 1 aliphatic heterocycles. The average Bonchev–Trinajstić information content (AvgIpc) is 2.51. The molecule has 21 heavy (non-hydrogen) atoms. The van der Waals surface area contributed by atoms with E-state index in [0.29, 0.717) is 0 Å². The van der Waals surface area contributed by atoms with Gasteiger partial charge in [-0.3, -0.25) is 0 Å². The molecule has 1 heterocycles. The van der Waals surface area contributed by atoms with Crippen molar-refractivity contribution in [3.05, 3.63) is 29.8 Å². The topological polar surface area (TPSA) is 109 Å². The smallest absolute Gasteiger partial charge is 0.184 e. The molecule has 0 unspecified atom stereocenters. The molecule has 7 heteroatoms. The molecule has 0 spiro atoms. The minimum Gasteiger partial charge on any atom is -0.497 e. The maximum absolute atomic E-state index is 9.75. The highest BCUT2D eigenvalue weighted by atomic mass is 16.6. The number of aliphatic hydroxyl groups excluding tert-OH is 4. The Morgan fingerprint density at radius 3 is 2.29 bits per heavy atom. The predicted octanol–water partition coefficient (Wildman–Crippen LogP) is -0.988. The summed E-state index contributed by atoms with van der Waals surface area (Å²) in [6.07, 6.45) is -6.77. The molecule has 0 amide bonds. The highest BCUT2D eigenvalue weighted by molar-refractivity contribution is 5.26. The van der Waals surface area contributed by atoms with Crippen molar-refractivity contribution in [3.63, 3.8) is 0 Å². The van der Waals surface area contributed by atoms with Crippen LogP contribution in [0.3, 0.4) is 0 Å². The van der Waals surface area contributed by atoms with E-state index in [0.717, 1.165) is 11.3 Å². The van der Waals surface area contributed by atoms with Crippen molar-refractivity contribution in [2.75, 3.05) is 13.7 Å². The summed E-state index contributed by atoms with van der Waals surface area (Å²) < 4.78 is 15.5. The van der Waals surface area contributed by atoms with Crippen LogP contribution in [0.2, 0.25) is 0 Å². The minimum absolute atomic E-state index is 0.0198. The van der Waals surface area contributed by atoms with Gasteiger partial charge in [-0.25, -0.2) is 0 Å². The fourth-order valence-electron chi connectivity index (χ4n) is 2.08. The van der Waals surface area contributed by atoms with Crippen molar-refractivity contribution < 1.29 is 34.6 Å². The summed E-state index contributed by atoms with van der Waals surface area (Å²) in [5.41, 5.74) is 0.905. The Hall–Kier alpha value is -1.22. The fraction of sp³-hybridized carbons (Fsp3) is 0.571. The fourth-order valence-corrected chi connectivity index (χ4v) is 2.08. The molecule has 7 nitrogen and oxygen atoms in total. The predicted molar refractivity (Wildman–Crippen MR) is 71.6 cm³/mol. The summed E-state index contributed by atoms with van der Waals surface area (Å²) in [6.45, 7) is 0.263. The minimum atomic E-state index is -1.54. The molecule has 0 aromatic heterocycles. The molecule has 5 atom stereocenters. The van der Waals surface area contributed by atoms with Crippen molar-refractivity contribution in [2.24, 2.45) is 0 Å². The Balaban J connectivity index is 1.82. The first-order valence-electron chi connectivity index (χ1n) is 6.61. The standard InChI is InChI=1S/C14H20O7/c1-19-9-4-2-8(3-5-9)6-20-7-10-11(15)12(16)13(17)14(18)21-10/h2-5,10-18H,6-7H2,1H3/t10-,11-,12+,13-,14-/m1/s1. The maximum atomic E-state index is 9.75. The van der Waals surface area contributed by atoms with Crippen LogP contribution in [0.1, 0.15) is 5.56 Å². The molecule has 1 aliphatic rings. The third-order valence-electron chi connectivity index (χ3n) is 3.40. The van der Waals surface area contributed by atoms with Crippen molar-refractivity contribution in [1.82, 2.24) is 0 Å². The van der Waals surface area contributed by atoms with Crippen LogP contribution >= 0.6 is 0 Å². The van der Waals surface area contributed by atoms with Crippen LogP contribution in [-0.2, 0) is 16.1 Å². The van der Waals surface area contributed by atoms with Gasteiger partial charge in [0.2, 0.25) is 0 Å². The Morgan fingerprint density at radius 2 is 1.67 bits per heavy atom. The highest BCUT2D eigenvalue weighted by Gasteiger charge is 2.42. The zero-order valence-electron chi connectivity index (χ0n) is 11.6. The quantitative estimate of drug-likeness (QED) is 0.553. The van der Waals surface area contributed by atoms with Gasteiger partial charge in [-0.1, -0.05) is 12.1 Å². The van der Waals surface area contributed by atoms with Crippen molar-refractivity contribution in [2.45, 2.75) is 37.3 Å². The molecule has 1 saturated heterocycles. The molecule has 1 aromatic carbocycles. The zero-order valence-corrected chi connectivity index (χ0v) is 11.6. The first-order chi connectivity index (χ1) is 10.0. The van der Waals surface area contributed by atoms with Crippen LogP contribution < -0.4 is 4.74 Å². The van der Waals surface area contributed by atoms with E-state index in [2.05, 4.69) is 0 Å². The van der Waals surface area contributed by atoms with E-state index in [1.54, 1.807) is 19.2 Å². The highest BCUT2D eigenvalue weighted by Crippen LogP contribution is 2.20. The van der Waals surface area contributed by atoms with Gasteiger partial charge in [0.1, 0.15) is 30.2 Å². The van der Waals surface area contributed by atoms with E-state index >= 15 is 0 Å². The van der Waals surface area contributed by atoms with Gasteiger partial charge >= 0.3 is 0 Å². The van der Waals surface area contributed by atoms with Gasteiger partial charge in [-0.2, -0.15) is 0 Å². The lowest BCUT2D eigenvalue weighted by Gasteiger charge is -2.38. The monoisotopic (exact) mass is 300 g/mol. The van der Waals surface area contributed by atoms with Crippen LogP contribution in [0.4, 0.5) is 0 Å². The van der Waals surface area contributed by atoms with Gasteiger partial charge in [-0.15, -0.1) is 0 Å². The summed E-state index contributed by atoms with van der Waals surface area (Å²) in [5.74, 6) is 0.741. The lowest BCUT2D eigenvalue weighted by atomic mass is 9.99. The summed E-state index contributed by atoms with van der Waals surface area (Å²) in [5, 5.41) is 38.0. The number of methoxy groups -OCH3 is 1. The molecule has 0 radical (unpaired) electrons. The number of hydrogen-bond donors (Lipinski definition) is 4. The van der Waals surface area contributed by atoms with Gasteiger partial charge in [0, 0.05) is 0 Å². The van der Waals surface area contributed by atoms with E-state index in [1.807, 2.05) is 12.1 Å². The summed E-state index contributed by atoms with van der Waals surface area (Å²) in [6, 6.07) is 7.28. The Bertz CT molecular complexity index is 435. The summed E-state index contributed by atoms with van der Waals surface area (Å²) in [7, 11) is 1.58. The van der Waals surface area contributed by atoms with Crippen LogP contribution in [0.25, 0.3) is 0 Å². The van der Waals surface area contributed by atoms with Crippen LogP contribution in [0.5, 0.6) is 5.75 Å². The second-order valence-corrected chi connectivity index (χ2v) is 4.90. The lowest BCUT2D eigenvalue weighted by Crippen LogP contribution is -2.58. The molecule has 0 bridgehead atoms. The Morgan fingerprint density at radius 1 is 1.00 bits per heavy atom. The van der Waals surface area contributed by atoms with E-state index < -0.39 is 30.7 Å². The van der Waals surface area contributed by atoms with Crippen LogP contribution in [0.15, 0.2) is 24.3 Å². The molecule has 0 saturated carbocycles. The van der Waals surface area contributed by atoms with Gasteiger partial charge < -0.3 is 34.6 Å². The van der Waals surface area contributed by atoms with Crippen molar-refractivity contribution in [1.29, 1.82) is 0 Å². The maximum Gasteiger partial charge on any atom is 0.184 e. The molecule has 1 aromatic rings. The van der Waals surface area contributed by atoms with Crippen LogP contribution in [0, 0.1) is 0 Å². The second kappa shape index (κ2) is 7.17.